The maximum atomic E-state index is 14.6. The zero-order chi connectivity index (χ0) is 32.4. The third-order valence-corrected chi connectivity index (χ3v) is 15.7. The number of hydrogen-bond donors (Lipinski definition) is 2. The highest BCUT2D eigenvalue weighted by Crippen LogP contribution is 2.75. The van der Waals surface area contributed by atoms with Crippen molar-refractivity contribution in [1.29, 1.82) is 5.26 Å². The first kappa shape index (κ1) is 32.1. The highest BCUT2D eigenvalue weighted by atomic mass is 32.2. The number of rotatable bonds is 3. The molecule has 8 atom stereocenters. The lowest BCUT2D eigenvalue weighted by Crippen LogP contribution is -2.74. The second-order valence-electron chi connectivity index (χ2n) is 16.5. The van der Waals surface area contributed by atoms with E-state index in [4.69, 9.17) is 4.74 Å². The summed E-state index contributed by atoms with van der Waals surface area (Å²) in [5.41, 5.74) is -4.65. The number of hydrogen-bond acceptors (Lipinski definition) is 7. The molecule has 242 valence electrons. The Bertz CT molecular complexity index is 1520. The number of carbonyl (C=O) groups excluding carboxylic acids is 2. The first-order valence-corrected chi connectivity index (χ1v) is 17.7. The standard InChI is InChI=1S/C34H49N3O6S/c1-28(2)23-8-9-32(6)24(31(23,5)19-22(21-35)27(28)39)18-26(38)34(40)25-20-30(4,12-10-29(25,3)11-13-33(32,34)7)36-44(41,42)37-14-16-43-17-15-37/h18-19,23,25,36,40H,8-17,20H2,1-7H3/t23-,25+,29+,30-,31-,32+,33-,34+/m0/s1. The molecule has 1 heterocycles. The van der Waals surface area contributed by atoms with E-state index < -0.39 is 48.9 Å². The minimum absolute atomic E-state index is 0.0806. The van der Waals surface area contributed by atoms with Crippen LogP contribution in [0.2, 0.25) is 0 Å². The maximum absolute atomic E-state index is 14.6. The summed E-state index contributed by atoms with van der Waals surface area (Å²) in [6, 6.07) is 2.14. The van der Waals surface area contributed by atoms with Gasteiger partial charge in [0.05, 0.1) is 18.8 Å². The van der Waals surface area contributed by atoms with Crippen LogP contribution in [0.15, 0.2) is 23.3 Å². The first-order valence-electron chi connectivity index (χ1n) is 16.3. The fourth-order valence-corrected chi connectivity index (χ4v) is 12.6. The molecule has 1 saturated heterocycles. The van der Waals surface area contributed by atoms with Gasteiger partial charge in [-0.2, -0.15) is 22.7 Å². The fraction of sp³-hybridized carbons (Fsp3) is 0.794. The molecule has 6 rings (SSSR count). The van der Waals surface area contributed by atoms with Crippen molar-refractivity contribution in [2.24, 2.45) is 38.9 Å². The van der Waals surface area contributed by atoms with Crippen LogP contribution in [0.25, 0.3) is 0 Å². The van der Waals surface area contributed by atoms with Crippen molar-refractivity contribution in [2.45, 2.75) is 105 Å². The van der Waals surface area contributed by atoms with Crippen molar-refractivity contribution in [3.63, 3.8) is 0 Å². The highest BCUT2D eigenvalue weighted by molar-refractivity contribution is 7.87. The zero-order valence-electron chi connectivity index (χ0n) is 27.4. The number of carbonyl (C=O) groups is 2. The lowest BCUT2D eigenvalue weighted by atomic mass is 9.33. The number of ketones is 2. The summed E-state index contributed by atoms with van der Waals surface area (Å²) in [4.78, 5) is 27.9. The van der Waals surface area contributed by atoms with Crippen molar-refractivity contribution in [3.05, 3.63) is 23.3 Å². The molecule has 10 heteroatoms. The van der Waals surface area contributed by atoms with Crippen molar-refractivity contribution < 1.29 is 27.9 Å². The molecule has 6 aliphatic rings. The summed E-state index contributed by atoms with van der Waals surface area (Å²) in [6.45, 7) is 15.5. The Morgan fingerprint density at radius 3 is 2.25 bits per heavy atom. The Morgan fingerprint density at radius 1 is 0.977 bits per heavy atom. The van der Waals surface area contributed by atoms with Crippen LogP contribution in [0.4, 0.5) is 0 Å². The molecule has 0 amide bonds. The number of nitrogens with one attached hydrogen (secondary N) is 1. The molecular weight excluding hydrogens is 578 g/mol. The van der Waals surface area contributed by atoms with Gasteiger partial charge < -0.3 is 9.84 Å². The molecule has 5 aliphatic carbocycles. The molecule has 0 aromatic heterocycles. The number of fused-ring (bicyclic) bond motifs is 7. The van der Waals surface area contributed by atoms with Crippen molar-refractivity contribution in [1.82, 2.24) is 9.03 Å². The fourth-order valence-electron chi connectivity index (χ4n) is 11.0. The Hall–Kier alpha value is -1.90. The summed E-state index contributed by atoms with van der Waals surface area (Å²) >= 11 is 0. The molecule has 0 spiro atoms. The number of nitriles is 1. The summed E-state index contributed by atoms with van der Waals surface area (Å²) in [5.74, 6) is -1.01. The monoisotopic (exact) mass is 627 g/mol. The number of morpholine rings is 1. The average Bonchev–Trinajstić information content (AvgIpc) is 2.95. The normalized spacial score (nSPS) is 47.2. The van der Waals surface area contributed by atoms with E-state index in [1.807, 2.05) is 20.8 Å². The van der Waals surface area contributed by atoms with E-state index in [1.165, 1.54) is 4.31 Å². The van der Waals surface area contributed by atoms with E-state index >= 15 is 0 Å². The molecule has 9 nitrogen and oxygen atoms in total. The Morgan fingerprint density at radius 2 is 1.61 bits per heavy atom. The van der Waals surface area contributed by atoms with Gasteiger partial charge in [0.1, 0.15) is 11.7 Å². The van der Waals surface area contributed by atoms with Crippen LogP contribution < -0.4 is 4.72 Å². The molecule has 2 N–H and O–H groups in total. The van der Waals surface area contributed by atoms with Crippen LogP contribution in [-0.2, 0) is 24.5 Å². The highest BCUT2D eigenvalue weighted by Gasteiger charge is 2.75. The van der Waals surface area contributed by atoms with Crippen molar-refractivity contribution >= 4 is 21.8 Å². The Kier molecular flexibility index (Phi) is 6.97. The molecular formula is C34H49N3O6S. The van der Waals surface area contributed by atoms with Crippen molar-refractivity contribution in [3.8, 4) is 6.07 Å². The van der Waals surface area contributed by atoms with E-state index in [9.17, 15) is 28.4 Å². The predicted octanol–water partition coefficient (Wildman–Crippen LogP) is 4.24. The van der Waals surface area contributed by atoms with Crippen LogP contribution in [0.1, 0.15) is 93.4 Å². The van der Waals surface area contributed by atoms with E-state index in [1.54, 1.807) is 12.2 Å². The van der Waals surface area contributed by atoms with E-state index in [0.29, 0.717) is 58.4 Å². The molecule has 0 unspecified atom stereocenters. The second kappa shape index (κ2) is 9.57. The van der Waals surface area contributed by atoms with E-state index in [-0.39, 0.29) is 28.5 Å². The molecule has 0 bridgehead atoms. The number of nitrogens with zero attached hydrogens (tertiary/aromatic N) is 2. The van der Waals surface area contributed by atoms with Gasteiger partial charge in [-0.15, -0.1) is 0 Å². The quantitative estimate of drug-likeness (QED) is 0.478. The van der Waals surface area contributed by atoms with Crippen molar-refractivity contribution in [2.75, 3.05) is 26.3 Å². The lowest BCUT2D eigenvalue weighted by Gasteiger charge is -2.71. The van der Waals surface area contributed by atoms with Crippen LogP contribution in [0.5, 0.6) is 0 Å². The summed E-state index contributed by atoms with van der Waals surface area (Å²) in [5, 5.41) is 23.0. The maximum Gasteiger partial charge on any atom is 0.280 e. The minimum Gasteiger partial charge on any atom is -0.381 e. The SMILES string of the molecule is CC1(C)C(=O)C(C#N)=C[C@]2(C)C3=CC(=O)[C@]4(O)[C@@H]5C[C@@](C)(NS(=O)(=O)N6CCOCC6)CC[C@]5(C)CC[C@@]4(C)[C@]3(C)CC[C@@H]12. The average molecular weight is 628 g/mol. The second-order valence-corrected chi connectivity index (χ2v) is 18.2. The molecule has 0 aromatic carbocycles. The van der Waals surface area contributed by atoms with Gasteiger partial charge in [0.15, 0.2) is 11.6 Å². The third kappa shape index (κ3) is 3.98. The summed E-state index contributed by atoms with van der Waals surface area (Å²) in [6.07, 6.45) is 8.06. The molecule has 1 aliphatic heterocycles. The van der Waals surface area contributed by atoms with Gasteiger partial charge in [0, 0.05) is 40.8 Å². The van der Waals surface area contributed by atoms with Crippen LogP contribution in [0.3, 0.4) is 0 Å². The number of Topliss-reactive ketones (excluding diaryl/α,β-unsaturated/α-hetero) is 1. The van der Waals surface area contributed by atoms with Gasteiger partial charge in [-0.1, -0.05) is 47.6 Å². The molecule has 3 saturated carbocycles. The van der Waals surface area contributed by atoms with Crippen LogP contribution >= 0.6 is 0 Å². The van der Waals surface area contributed by atoms with Crippen LogP contribution in [0, 0.1) is 50.2 Å². The van der Waals surface area contributed by atoms with Gasteiger partial charge >= 0.3 is 0 Å². The molecule has 4 fully saturated rings. The van der Waals surface area contributed by atoms with E-state index in [2.05, 4.69) is 38.5 Å². The third-order valence-electron chi connectivity index (χ3n) is 13.9. The summed E-state index contributed by atoms with van der Waals surface area (Å²) in [7, 11) is -3.79. The Balaban J connectivity index is 1.44. The Labute approximate surface area is 262 Å². The molecule has 44 heavy (non-hydrogen) atoms. The topological polar surface area (TPSA) is 137 Å². The molecule has 0 aromatic rings. The smallest absolute Gasteiger partial charge is 0.280 e. The molecule has 0 radical (unpaired) electrons. The van der Waals surface area contributed by atoms with Gasteiger partial charge in [-0.3, -0.25) is 9.59 Å². The largest absolute Gasteiger partial charge is 0.381 e. The lowest BCUT2D eigenvalue weighted by molar-refractivity contribution is -0.239. The predicted molar refractivity (Wildman–Crippen MR) is 165 cm³/mol. The number of ether oxygens (including phenoxy) is 1. The van der Waals surface area contributed by atoms with Gasteiger partial charge in [-0.25, -0.2) is 0 Å². The first-order chi connectivity index (χ1) is 20.2. The number of allylic oxidation sites excluding steroid dienone is 3. The van der Waals surface area contributed by atoms with E-state index in [0.717, 1.165) is 18.4 Å². The number of aliphatic hydroxyl groups is 1. The minimum atomic E-state index is -3.79. The van der Waals surface area contributed by atoms with Gasteiger partial charge in [0.2, 0.25) is 0 Å². The van der Waals surface area contributed by atoms with Crippen LogP contribution in [-0.4, -0.2) is 66.8 Å². The summed E-state index contributed by atoms with van der Waals surface area (Å²) < 4.78 is 36.8. The van der Waals surface area contributed by atoms with Gasteiger partial charge in [-0.05, 0) is 80.3 Å². The van der Waals surface area contributed by atoms with Gasteiger partial charge in [0.25, 0.3) is 10.2 Å². The zero-order valence-corrected chi connectivity index (χ0v) is 28.2.